The number of rotatable bonds is 9. The third-order valence-corrected chi connectivity index (χ3v) is 5.83. The molecule has 0 unspecified atom stereocenters. The van der Waals surface area contributed by atoms with Crippen LogP contribution in [-0.2, 0) is 0 Å². The minimum atomic E-state index is 0. The van der Waals surface area contributed by atoms with Crippen LogP contribution >= 0.6 is 24.2 Å². The molecule has 0 aromatic carbocycles. The molecule has 142 valence electrons. The molecule has 0 aromatic rings. The number of aliphatic imine (C=N–C) groups is 1. The summed E-state index contributed by atoms with van der Waals surface area (Å²) in [6.45, 7) is 8.58. The Kier molecular flexibility index (Phi) is 13.1. The van der Waals surface area contributed by atoms with Crippen molar-refractivity contribution >= 4 is 29.3 Å². The normalized spacial score (nSPS) is 20.8. The highest BCUT2D eigenvalue weighted by atomic mass is 35.5. The topological polar surface area (TPSA) is 44.9 Å². The van der Waals surface area contributed by atoms with Crippen LogP contribution in [0.15, 0.2) is 4.99 Å². The first-order valence-electron chi connectivity index (χ1n) is 9.72. The lowest BCUT2D eigenvalue weighted by atomic mass is 10.1. The fourth-order valence-electron chi connectivity index (χ4n) is 3.51. The number of halogens is 1. The van der Waals surface area contributed by atoms with Gasteiger partial charge in [-0.3, -0.25) is 4.99 Å². The van der Waals surface area contributed by atoms with E-state index in [9.17, 15) is 0 Å². The molecule has 2 aliphatic heterocycles. The van der Waals surface area contributed by atoms with Crippen LogP contribution in [0.5, 0.6) is 0 Å². The number of thioether (sulfide) groups is 1. The molecule has 0 amide bonds. The summed E-state index contributed by atoms with van der Waals surface area (Å²) in [4.78, 5) is 9.71. The molecular weight excluding hydrogens is 340 g/mol. The van der Waals surface area contributed by atoms with Gasteiger partial charge in [-0.15, -0.1) is 12.4 Å². The number of hydrogen-bond donors (Lipinski definition) is 1. The summed E-state index contributed by atoms with van der Waals surface area (Å²) >= 11 is 1.74. The van der Waals surface area contributed by atoms with E-state index in [-0.39, 0.29) is 12.4 Å². The Morgan fingerprint density at radius 1 is 0.792 bits per heavy atom. The van der Waals surface area contributed by atoms with Crippen molar-refractivity contribution < 1.29 is 0 Å². The maximum absolute atomic E-state index is 6.01. The first-order chi connectivity index (χ1) is 11.3. The highest BCUT2D eigenvalue weighted by Crippen LogP contribution is 2.11. The van der Waals surface area contributed by atoms with Crippen LogP contribution in [0.25, 0.3) is 0 Å². The van der Waals surface area contributed by atoms with Gasteiger partial charge in [0, 0.05) is 12.3 Å². The van der Waals surface area contributed by atoms with Crippen molar-refractivity contribution in [3.8, 4) is 0 Å². The predicted molar refractivity (Wildman–Crippen MR) is 111 cm³/mol. The van der Waals surface area contributed by atoms with Gasteiger partial charge in [0.25, 0.3) is 0 Å². The van der Waals surface area contributed by atoms with Gasteiger partial charge in [0.2, 0.25) is 0 Å². The Bertz CT molecular complexity index is 329. The molecule has 0 radical (unpaired) electrons. The molecule has 2 heterocycles. The largest absolute Gasteiger partial charge is 0.379 e. The average Bonchev–Trinajstić information content (AvgIpc) is 2.60. The van der Waals surface area contributed by atoms with E-state index in [0.29, 0.717) is 0 Å². The third-order valence-electron chi connectivity index (χ3n) is 4.92. The van der Waals surface area contributed by atoms with Gasteiger partial charge in [-0.25, -0.2) is 0 Å². The quantitative estimate of drug-likeness (QED) is 0.379. The predicted octanol–water partition coefficient (Wildman–Crippen LogP) is 3.60. The van der Waals surface area contributed by atoms with Crippen molar-refractivity contribution in [1.29, 1.82) is 0 Å². The van der Waals surface area contributed by atoms with Gasteiger partial charge in [-0.2, -0.15) is 0 Å². The zero-order valence-electron chi connectivity index (χ0n) is 15.3. The molecule has 0 bridgehead atoms. The van der Waals surface area contributed by atoms with E-state index in [1.165, 1.54) is 97.1 Å². The molecule has 4 nitrogen and oxygen atoms in total. The molecular formula is C18H37ClN4S. The lowest BCUT2D eigenvalue weighted by Gasteiger charge is -2.26. The van der Waals surface area contributed by atoms with E-state index in [2.05, 4.69) is 14.8 Å². The van der Waals surface area contributed by atoms with Crippen LogP contribution < -0.4 is 5.73 Å². The molecule has 0 atom stereocenters. The zero-order valence-corrected chi connectivity index (χ0v) is 16.9. The highest BCUT2D eigenvalue weighted by molar-refractivity contribution is 8.13. The van der Waals surface area contributed by atoms with Crippen LogP contribution in [-0.4, -0.2) is 66.5 Å². The Balaban J connectivity index is 0.00000288. The second kappa shape index (κ2) is 14.2. The number of amidine groups is 1. The van der Waals surface area contributed by atoms with Crippen LogP contribution in [0.2, 0.25) is 0 Å². The molecule has 2 fully saturated rings. The van der Waals surface area contributed by atoms with Crippen LogP contribution in [0.1, 0.15) is 57.8 Å². The summed E-state index contributed by atoms with van der Waals surface area (Å²) in [5, 5.41) is 0.793. The molecule has 0 aliphatic carbocycles. The maximum atomic E-state index is 6.01. The Morgan fingerprint density at radius 2 is 1.33 bits per heavy atom. The van der Waals surface area contributed by atoms with Crippen molar-refractivity contribution in [2.24, 2.45) is 10.7 Å². The molecule has 0 saturated carbocycles. The summed E-state index contributed by atoms with van der Waals surface area (Å²) in [5.41, 5.74) is 6.01. The SMILES string of the molecule is Cl.NC(=NCCCCN1CCCCC1)SCCCN1CCCCC1. The Morgan fingerprint density at radius 3 is 1.92 bits per heavy atom. The third kappa shape index (κ3) is 10.1. The molecule has 0 aromatic heterocycles. The Labute approximate surface area is 159 Å². The first-order valence-corrected chi connectivity index (χ1v) is 10.7. The highest BCUT2D eigenvalue weighted by Gasteiger charge is 2.09. The van der Waals surface area contributed by atoms with E-state index >= 15 is 0 Å². The second-order valence-corrected chi connectivity index (χ2v) is 8.05. The fraction of sp³-hybridized carbons (Fsp3) is 0.944. The lowest BCUT2D eigenvalue weighted by Crippen LogP contribution is -2.30. The Hall–Kier alpha value is 0.0300. The smallest absolute Gasteiger partial charge is 0.153 e. The molecule has 2 N–H and O–H groups in total. The average molecular weight is 377 g/mol. The standard InChI is InChI=1S/C18H36N4S.ClH/c19-18(23-17-9-16-22-13-6-2-7-14-22)20-10-3-8-15-21-11-4-1-5-12-21;/h1-17H2,(H2,19,20);1H. The number of unbranched alkanes of at least 4 members (excludes halogenated alkanes) is 1. The minimum absolute atomic E-state index is 0. The lowest BCUT2D eigenvalue weighted by molar-refractivity contribution is 0.225. The van der Waals surface area contributed by atoms with Gasteiger partial charge in [0.15, 0.2) is 5.17 Å². The monoisotopic (exact) mass is 376 g/mol. The van der Waals surface area contributed by atoms with Crippen LogP contribution in [0.3, 0.4) is 0 Å². The first kappa shape index (κ1) is 22.1. The second-order valence-electron chi connectivity index (χ2n) is 6.93. The number of hydrogen-bond acceptors (Lipinski definition) is 4. The van der Waals surface area contributed by atoms with E-state index in [1.807, 2.05) is 0 Å². The molecule has 0 spiro atoms. The fourth-order valence-corrected chi connectivity index (χ4v) is 4.18. The molecule has 2 aliphatic rings. The van der Waals surface area contributed by atoms with Crippen molar-refractivity contribution in [2.75, 3.05) is 51.6 Å². The van der Waals surface area contributed by atoms with Gasteiger partial charge in [0.05, 0.1) is 0 Å². The van der Waals surface area contributed by atoms with E-state index in [1.54, 1.807) is 11.8 Å². The van der Waals surface area contributed by atoms with Crippen LogP contribution in [0.4, 0.5) is 0 Å². The van der Waals surface area contributed by atoms with Crippen molar-refractivity contribution in [3.05, 3.63) is 0 Å². The zero-order chi connectivity index (χ0) is 16.2. The summed E-state index contributed by atoms with van der Waals surface area (Å²) in [6, 6.07) is 0. The van der Waals surface area contributed by atoms with Gasteiger partial charge in [0.1, 0.15) is 0 Å². The number of likely N-dealkylation sites (tertiary alicyclic amines) is 2. The minimum Gasteiger partial charge on any atom is -0.379 e. The number of nitrogens with two attached hydrogens (primary N) is 1. The summed E-state index contributed by atoms with van der Waals surface area (Å²) in [6.07, 6.45) is 12.0. The van der Waals surface area contributed by atoms with E-state index in [0.717, 1.165) is 17.5 Å². The maximum Gasteiger partial charge on any atom is 0.153 e. The van der Waals surface area contributed by atoms with Crippen molar-refractivity contribution in [3.63, 3.8) is 0 Å². The molecule has 24 heavy (non-hydrogen) atoms. The van der Waals surface area contributed by atoms with Gasteiger partial charge < -0.3 is 15.5 Å². The van der Waals surface area contributed by atoms with Crippen LogP contribution in [0, 0.1) is 0 Å². The summed E-state index contributed by atoms with van der Waals surface area (Å²) < 4.78 is 0. The van der Waals surface area contributed by atoms with Gasteiger partial charge in [-0.1, -0.05) is 24.6 Å². The summed E-state index contributed by atoms with van der Waals surface area (Å²) in [7, 11) is 0. The summed E-state index contributed by atoms with van der Waals surface area (Å²) in [5.74, 6) is 1.11. The molecule has 2 rings (SSSR count). The van der Waals surface area contributed by atoms with Crippen molar-refractivity contribution in [2.45, 2.75) is 57.8 Å². The molecule has 6 heteroatoms. The van der Waals surface area contributed by atoms with E-state index in [4.69, 9.17) is 5.73 Å². The van der Waals surface area contributed by atoms with Gasteiger partial charge in [-0.05, 0) is 84.2 Å². The van der Waals surface area contributed by atoms with Gasteiger partial charge >= 0.3 is 0 Å². The van der Waals surface area contributed by atoms with Crippen molar-refractivity contribution in [1.82, 2.24) is 9.80 Å². The van der Waals surface area contributed by atoms with E-state index < -0.39 is 0 Å². The number of piperidine rings is 2. The number of nitrogens with zero attached hydrogens (tertiary/aromatic N) is 3. The molecule has 2 saturated heterocycles.